The molecule has 1 fully saturated rings. The van der Waals surface area contributed by atoms with Gasteiger partial charge in [-0.25, -0.2) is 4.98 Å². The Hall–Kier alpha value is -4.01. The second kappa shape index (κ2) is 8.62. The van der Waals surface area contributed by atoms with Gasteiger partial charge in [0, 0.05) is 30.5 Å². The zero-order valence-corrected chi connectivity index (χ0v) is 16.5. The predicted octanol–water partition coefficient (Wildman–Crippen LogP) is 2.79. The SMILES string of the molecule is N#CN1C[C@H](NC(=O)c2ncc(-c3cccc(OC(F)(F)F)c3)o2)C[C@H]1Cn1cccn1. The van der Waals surface area contributed by atoms with Gasteiger partial charge < -0.3 is 19.4 Å². The van der Waals surface area contributed by atoms with Crippen molar-refractivity contribution in [1.29, 1.82) is 5.26 Å². The number of aromatic nitrogens is 3. The van der Waals surface area contributed by atoms with E-state index >= 15 is 0 Å². The molecular formula is C20H17F3N6O3. The molecule has 1 aliphatic rings. The topological polar surface area (TPSA) is 109 Å². The highest BCUT2D eigenvalue weighted by molar-refractivity contribution is 5.90. The van der Waals surface area contributed by atoms with Crippen LogP contribution in [0.25, 0.3) is 11.3 Å². The zero-order chi connectivity index (χ0) is 22.7. The van der Waals surface area contributed by atoms with E-state index in [1.807, 2.05) is 0 Å². The van der Waals surface area contributed by atoms with Crippen LogP contribution in [0, 0.1) is 11.5 Å². The highest BCUT2D eigenvalue weighted by atomic mass is 19.4. The molecule has 4 rings (SSSR count). The van der Waals surface area contributed by atoms with Crippen molar-refractivity contribution in [2.75, 3.05) is 6.54 Å². The van der Waals surface area contributed by atoms with Crippen LogP contribution in [-0.2, 0) is 6.54 Å². The van der Waals surface area contributed by atoms with E-state index in [1.165, 1.54) is 18.3 Å². The van der Waals surface area contributed by atoms with Gasteiger partial charge in [-0.05, 0) is 24.6 Å². The molecule has 1 aromatic carbocycles. The molecular weight excluding hydrogens is 429 g/mol. The Morgan fingerprint density at radius 2 is 2.22 bits per heavy atom. The summed E-state index contributed by atoms with van der Waals surface area (Å²) < 4.78 is 48.3. The van der Waals surface area contributed by atoms with Crippen LogP contribution in [0.2, 0.25) is 0 Å². The van der Waals surface area contributed by atoms with Gasteiger partial charge in [-0.3, -0.25) is 9.48 Å². The molecule has 166 valence electrons. The van der Waals surface area contributed by atoms with Crippen molar-refractivity contribution >= 4 is 5.91 Å². The van der Waals surface area contributed by atoms with Crippen LogP contribution in [-0.4, -0.2) is 50.6 Å². The number of ether oxygens (including phenoxy) is 1. The van der Waals surface area contributed by atoms with Crippen molar-refractivity contribution in [3.63, 3.8) is 0 Å². The lowest BCUT2D eigenvalue weighted by atomic mass is 10.1. The lowest BCUT2D eigenvalue weighted by molar-refractivity contribution is -0.274. The van der Waals surface area contributed by atoms with Crippen LogP contribution in [0.5, 0.6) is 5.75 Å². The van der Waals surface area contributed by atoms with Gasteiger partial charge in [0.1, 0.15) is 5.75 Å². The standard InChI is InChI=1S/C20H17F3N6O3/c21-20(22,23)32-16-4-1-3-13(7-16)17-9-25-19(31-17)18(30)27-14-8-15(28(10-14)12-24)11-29-6-2-5-26-29/h1-7,9,14-15H,8,10-11H2,(H,27,30)/t14-,15+/m1/s1. The summed E-state index contributed by atoms with van der Waals surface area (Å²) in [6.07, 6.45) is 2.53. The van der Waals surface area contributed by atoms with Gasteiger partial charge >= 0.3 is 12.3 Å². The number of amides is 1. The van der Waals surface area contributed by atoms with Crippen molar-refractivity contribution in [2.24, 2.45) is 0 Å². The van der Waals surface area contributed by atoms with Gasteiger partial charge in [-0.1, -0.05) is 12.1 Å². The van der Waals surface area contributed by atoms with Crippen molar-refractivity contribution in [3.8, 4) is 23.3 Å². The van der Waals surface area contributed by atoms with Crippen LogP contribution in [0.3, 0.4) is 0 Å². The van der Waals surface area contributed by atoms with E-state index < -0.39 is 18.0 Å². The number of hydrogen-bond donors (Lipinski definition) is 1. The molecule has 1 saturated heterocycles. The molecule has 12 heteroatoms. The molecule has 1 aliphatic heterocycles. The van der Waals surface area contributed by atoms with Gasteiger partial charge in [0.15, 0.2) is 12.0 Å². The number of halogens is 3. The fourth-order valence-corrected chi connectivity index (χ4v) is 3.55. The molecule has 3 heterocycles. The lowest BCUT2D eigenvalue weighted by Crippen LogP contribution is -2.36. The number of alkyl halides is 3. The largest absolute Gasteiger partial charge is 0.573 e. The number of likely N-dealkylation sites (tertiary alicyclic amines) is 1. The minimum absolute atomic E-state index is 0.115. The first-order valence-electron chi connectivity index (χ1n) is 9.57. The third-order valence-corrected chi connectivity index (χ3v) is 4.89. The molecule has 0 bridgehead atoms. The third-order valence-electron chi connectivity index (χ3n) is 4.89. The normalized spacial score (nSPS) is 18.4. The quantitative estimate of drug-likeness (QED) is 0.580. The average Bonchev–Trinajstić information content (AvgIpc) is 3.48. The number of nitrogens with one attached hydrogen (secondary N) is 1. The van der Waals surface area contributed by atoms with Gasteiger partial charge in [0.05, 0.1) is 18.8 Å². The Morgan fingerprint density at radius 1 is 1.38 bits per heavy atom. The van der Waals surface area contributed by atoms with E-state index in [0.29, 0.717) is 19.5 Å². The van der Waals surface area contributed by atoms with E-state index in [9.17, 15) is 23.2 Å². The van der Waals surface area contributed by atoms with E-state index in [-0.39, 0.29) is 29.3 Å². The molecule has 0 saturated carbocycles. The molecule has 2 aromatic heterocycles. The number of carbonyl (C=O) groups excluding carboxylic acids is 1. The van der Waals surface area contributed by atoms with Crippen LogP contribution >= 0.6 is 0 Å². The Labute approximate surface area is 180 Å². The van der Waals surface area contributed by atoms with E-state index in [4.69, 9.17) is 4.42 Å². The Kier molecular flexibility index (Phi) is 5.72. The second-order valence-corrected chi connectivity index (χ2v) is 7.15. The third kappa shape index (κ3) is 5.00. The van der Waals surface area contributed by atoms with Gasteiger partial charge in [-0.2, -0.15) is 10.4 Å². The summed E-state index contributed by atoms with van der Waals surface area (Å²) in [6.45, 7) is 0.838. The van der Waals surface area contributed by atoms with E-state index in [2.05, 4.69) is 26.3 Å². The summed E-state index contributed by atoms with van der Waals surface area (Å²) in [4.78, 5) is 18.1. The van der Waals surface area contributed by atoms with Gasteiger partial charge in [0.2, 0.25) is 0 Å². The number of hydrogen-bond acceptors (Lipinski definition) is 7. The number of nitriles is 1. The molecule has 0 spiro atoms. The summed E-state index contributed by atoms with van der Waals surface area (Å²) in [5.41, 5.74) is 0.272. The number of benzene rings is 1. The second-order valence-electron chi connectivity index (χ2n) is 7.15. The summed E-state index contributed by atoms with van der Waals surface area (Å²) in [5, 5.41) is 16.3. The maximum Gasteiger partial charge on any atom is 0.573 e. The Bertz CT molecular complexity index is 1120. The van der Waals surface area contributed by atoms with Crippen molar-refractivity contribution in [3.05, 3.63) is 54.8 Å². The molecule has 2 atom stereocenters. The summed E-state index contributed by atoms with van der Waals surface area (Å²) in [6, 6.07) is 6.53. The fraction of sp³-hybridized carbons (Fsp3) is 0.300. The molecule has 9 nitrogen and oxygen atoms in total. The highest BCUT2D eigenvalue weighted by Crippen LogP contribution is 2.28. The van der Waals surface area contributed by atoms with Crippen LogP contribution in [0.1, 0.15) is 17.1 Å². The molecule has 0 radical (unpaired) electrons. The fourth-order valence-electron chi connectivity index (χ4n) is 3.55. The average molecular weight is 446 g/mol. The molecule has 32 heavy (non-hydrogen) atoms. The predicted molar refractivity (Wildman–Crippen MR) is 103 cm³/mol. The molecule has 1 N–H and O–H groups in total. The van der Waals surface area contributed by atoms with Crippen molar-refractivity contribution < 1.29 is 27.1 Å². The molecule has 0 unspecified atom stereocenters. The summed E-state index contributed by atoms with van der Waals surface area (Å²) in [7, 11) is 0. The van der Waals surface area contributed by atoms with Gasteiger partial charge in [-0.15, -0.1) is 13.2 Å². The Morgan fingerprint density at radius 3 is 2.94 bits per heavy atom. The van der Waals surface area contributed by atoms with Crippen LogP contribution in [0.15, 0.2) is 53.3 Å². The van der Waals surface area contributed by atoms with Crippen molar-refractivity contribution in [1.82, 2.24) is 25.0 Å². The first kappa shape index (κ1) is 21.2. The monoisotopic (exact) mass is 446 g/mol. The molecule has 1 amide bonds. The van der Waals surface area contributed by atoms with E-state index in [0.717, 1.165) is 12.1 Å². The Balaban J connectivity index is 1.40. The minimum Gasteiger partial charge on any atom is -0.432 e. The number of oxazole rings is 1. The lowest BCUT2D eigenvalue weighted by Gasteiger charge is -2.17. The summed E-state index contributed by atoms with van der Waals surface area (Å²) in [5.74, 6) is -1.12. The molecule has 3 aromatic rings. The van der Waals surface area contributed by atoms with Gasteiger partial charge in [0.25, 0.3) is 5.89 Å². The van der Waals surface area contributed by atoms with Crippen LogP contribution in [0.4, 0.5) is 13.2 Å². The number of nitrogens with zero attached hydrogens (tertiary/aromatic N) is 5. The maximum atomic E-state index is 12.6. The minimum atomic E-state index is -4.82. The summed E-state index contributed by atoms with van der Waals surface area (Å²) >= 11 is 0. The first-order valence-corrected chi connectivity index (χ1v) is 9.57. The smallest absolute Gasteiger partial charge is 0.432 e. The zero-order valence-electron chi connectivity index (χ0n) is 16.5. The van der Waals surface area contributed by atoms with Crippen LogP contribution < -0.4 is 10.1 Å². The molecule has 0 aliphatic carbocycles. The highest BCUT2D eigenvalue weighted by Gasteiger charge is 2.34. The van der Waals surface area contributed by atoms with E-state index in [1.54, 1.807) is 28.0 Å². The maximum absolute atomic E-state index is 12.6. The number of rotatable bonds is 6. The number of carbonyl (C=O) groups is 1. The van der Waals surface area contributed by atoms with Crippen molar-refractivity contribution in [2.45, 2.75) is 31.4 Å². The first-order chi connectivity index (χ1) is 15.3.